The van der Waals surface area contributed by atoms with E-state index in [4.69, 9.17) is 17.3 Å². The summed E-state index contributed by atoms with van der Waals surface area (Å²) in [5.74, 6) is -1.46. The highest BCUT2D eigenvalue weighted by molar-refractivity contribution is 6.29. The third-order valence-corrected chi connectivity index (χ3v) is 4.06. The largest absolute Gasteiger partial charge is 0.507 e. The van der Waals surface area contributed by atoms with Crippen molar-refractivity contribution >= 4 is 17.5 Å². The average molecular weight is 359 g/mol. The second kappa shape index (κ2) is 6.82. The maximum Gasteiger partial charge on any atom is 0.286 e. The number of benzene rings is 1. The van der Waals surface area contributed by atoms with Gasteiger partial charge in [0.25, 0.3) is 11.5 Å². The number of halogens is 1. The monoisotopic (exact) mass is 358 g/mol. The molecule has 2 aromatic heterocycles. The standard InChI is InChI=1S/C17H15ClN4O3/c18-14-9-20-10-21(14)22-12(7-6-11-4-2-1-3-5-11)8-13(23)15(16(19)24)17(22)25/h1-5,8-10,23H,6-7H2,(H2,19,24). The highest BCUT2D eigenvalue weighted by Crippen LogP contribution is 2.18. The molecule has 0 atom stereocenters. The molecule has 7 nitrogen and oxygen atoms in total. The van der Waals surface area contributed by atoms with E-state index in [0.717, 1.165) is 5.56 Å². The molecule has 0 bridgehead atoms. The van der Waals surface area contributed by atoms with Crippen LogP contribution in [0.15, 0.2) is 53.7 Å². The van der Waals surface area contributed by atoms with E-state index in [0.29, 0.717) is 18.5 Å². The molecule has 8 heteroatoms. The number of rotatable bonds is 5. The molecule has 0 spiro atoms. The van der Waals surface area contributed by atoms with Gasteiger partial charge >= 0.3 is 0 Å². The van der Waals surface area contributed by atoms with Crippen molar-refractivity contribution < 1.29 is 9.90 Å². The smallest absolute Gasteiger partial charge is 0.286 e. The maximum absolute atomic E-state index is 12.7. The topological polar surface area (TPSA) is 103 Å². The molecule has 0 radical (unpaired) electrons. The second-order valence-electron chi connectivity index (χ2n) is 5.42. The lowest BCUT2D eigenvalue weighted by molar-refractivity contribution is 0.0995. The minimum Gasteiger partial charge on any atom is -0.507 e. The number of pyridine rings is 1. The maximum atomic E-state index is 12.7. The van der Waals surface area contributed by atoms with Crippen LogP contribution in [-0.4, -0.2) is 25.3 Å². The number of hydrogen-bond acceptors (Lipinski definition) is 4. The van der Waals surface area contributed by atoms with E-state index in [2.05, 4.69) is 4.98 Å². The summed E-state index contributed by atoms with van der Waals surface area (Å²) >= 11 is 6.07. The first kappa shape index (κ1) is 16.8. The number of aryl methyl sites for hydroxylation is 2. The van der Waals surface area contributed by atoms with Crippen LogP contribution >= 0.6 is 11.6 Å². The van der Waals surface area contributed by atoms with Crippen LogP contribution in [0.2, 0.25) is 5.15 Å². The first-order valence-corrected chi connectivity index (χ1v) is 7.87. The van der Waals surface area contributed by atoms with E-state index >= 15 is 0 Å². The molecule has 3 rings (SSSR count). The molecule has 0 saturated heterocycles. The fourth-order valence-corrected chi connectivity index (χ4v) is 2.80. The number of aromatic hydroxyl groups is 1. The molecule has 0 aliphatic rings. The van der Waals surface area contributed by atoms with Gasteiger partial charge < -0.3 is 10.8 Å². The number of imidazole rings is 1. The van der Waals surface area contributed by atoms with Gasteiger partial charge in [0, 0.05) is 11.8 Å². The Balaban J connectivity index is 2.12. The van der Waals surface area contributed by atoms with Crippen molar-refractivity contribution in [3.63, 3.8) is 0 Å². The molecule has 0 fully saturated rings. The number of amides is 1. The van der Waals surface area contributed by atoms with E-state index < -0.39 is 22.8 Å². The molecular formula is C17H15ClN4O3. The third-order valence-electron chi connectivity index (χ3n) is 3.79. The minimum atomic E-state index is -1.01. The Labute approximate surface area is 147 Å². The number of hydrogen-bond donors (Lipinski definition) is 2. The van der Waals surface area contributed by atoms with Gasteiger partial charge in [0.1, 0.15) is 22.8 Å². The van der Waals surface area contributed by atoms with Crippen molar-refractivity contribution in [1.29, 1.82) is 0 Å². The lowest BCUT2D eigenvalue weighted by Crippen LogP contribution is -2.35. The molecule has 25 heavy (non-hydrogen) atoms. The zero-order valence-corrected chi connectivity index (χ0v) is 13.8. The quantitative estimate of drug-likeness (QED) is 0.723. The van der Waals surface area contributed by atoms with E-state index in [9.17, 15) is 14.7 Å². The summed E-state index contributed by atoms with van der Waals surface area (Å²) in [4.78, 5) is 28.1. The second-order valence-corrected chi connectivity index (χ2v) is 5.81. The molecule has 1 amide bonds. The molecule has 3 aromatic rings. The summed E-state index contributed by atoms with van der Waals surface area (Å²) in [6.45, 7) is 0. The summed E-state index contributed by atoms with van der Waals surface area (Å²) < 4.78 is 2.49. The van der Waals surface area contributed by atoms with E-state index in [-0.39, 0.29) is 5.15 Å². The van der Waals surface area contributed by atoms with Gasteiger partial charge in [0.2, 0.25) is 0 Å². The zero-order valence-electron chi connectivity index (χ0n) is 13.1. The summed E-state index contributed by atoms with van der Waals surface area (Å²) in [7, 11) is 0. The van der Waals surface area contributed by atoms with Gasteiger partial charge in [-0.1, -0.05) is 41.9 Å². The lowest BCUT2D eigenvalue weighted by atomic mass is 10.1. The van der Waals surface area contributed by atoms with Gasteiger partial charge in [-0.3, -0.25) is 9.59 Å². The molecule has 0 aliphatic heterocycles. The van der Waals surface area contributed by atoms with Gasteiger partial charge in [-0.2, -0.15) is 0 Å². The fourth-order valence-electron chi connectivity index (χ4n) is 2.62. The Hall–Kier alpha value is -3.06. The van der Waals surface area contributed by atoms with Gasteiger partial charge in [-0.25, -0.2) is 14.3 Å². The summed E-state index contributed by atoms with van der Waals surface area (Å²) in [6, 6.07) is 11.0. The number of primary amides is 1. The SMILES string of the molecule is NC(=O)c1c(O)cc(CCc2ccccc2)n(-n2cncc2Cl)c1=O. The highest BCUT2D eigenvalue weighted by Gasteiger charge is 2.20. The van der Waals surface area contributed by atoms with Crippen LogP contribution in [0.25, 0.3) is 0 Å². The van der Waals surface area contributed by atoms with Crippen LogP contribution in [0.3, 0.4) is 0 Å². The lowest BCUT2D eigenvalue weighted by Gasteiger charge is -2.16. The summed E-state index contributed by atoms with van der Waals surface area (Å²) in [5.41, 5.74) is 5.51. The molecular weight excluding hydrogens is 344 g/mol. The fraction of sp³-hybridized carbons (Fsp3) is 0.118. The number of aromatic nitrogens is 3. The van der Waals surface area contributed by atoms with Crippen molar-refractivity contribution in [3.05, 3.63) is 81.3 Å². The molecule has 0 saturated carbocycles. The molecule has 3 N–H and O–H groups in total. The van der Waals surface area contributed by atoms with E-state index in [1.165, 1.54) is 27.9 Å². The third kappa shape index (κ3) is 3.27. The van der Waals surface area contributed by atoms with Gasteiger partial charge in [-0.05, 0) is 18.4 Å². The van der Waals surface area contributed by atoms with Crippen molar-refractivity contribution in [2.45, 2.75) is 12.8 Å². The average Bonchev–Trinajstić information content (AvgIpc) is 2.99. The van der Waals surface area contributed by atoms with Crippen LogP contribution in [0.5, 0.6) is 5.75 Å². The van der Waals surface area contributed by atoms with Crippen molar-refractivity contribution in [2.24, 2.45) is 5.73 Å². The Morgan fingerprint density at radius 3 is 2.56 bits per heavy atom. The predicted octanol–water partition coefficient (Wildman–Crippen LogP) is 1.60. The summed E-state index contributed by atoms with van der Waals surface area (Å²) in [5, 5.41) is 10.2. The van der Waals surface area contributed by atoms with E-state index in [1.807, 2.05) is 30.3 Å². The first-order chi connectivity index (χ1) is 12.0. The first-order valence-electron chi connectivity index (χ1n) is 7.49. The summed E-state index contributed by atoms with van der Waals surface area (Å²) in [6.07, 6.45) is 3.77. The molecule has 2 heterocycles. The van der Waals surface area contributed by atoms with Gasteiger partial charge in [-0.15, -0.1) is 0 Å². The van der Waals surface area contributed by atoms with Gasteiger partial charge in [0.15, 0.2) is 0 Å². The van der Waals surface area contributed by atoms with Gasteiger partial charge in [0.05, 0.1) is 6.20 Å². The van der Waals surface area contributed by atoms with Crippen molar-refractivity contribution in [3.8, 4) is 5.75 Å². The van der Waals surface area contributed by atoms with Crippen LogP contribution in [0, 0.1) is 0 Å². The van der Waals surface area contributed by atoms with Crippen LogP contribution < -0.4 is 11.3 Å². The van der Waals surface area contributed by atoms with Crippen molar-refractivity contribution in [2.75, 3.05) is 0 Å². The number of carbonyl (C=O) groups is 1. The van der Waals surface area contributed by atoms with Crippen molar-refractivity contribution in [1.82, 2.24) is 14.3 Å². The molecule has 128 valence electrons. The zero-order chi connectivity index (χ0) is 18.0. The predicted molar refractivity (Wildman–Crippen MR) is 92.8 cm³/mol. The Kier molecular flexibility index (Phi) is 4.58. The Morgan fingerprint density at radius 2 is 1.96 bits per heavy atom. The molecule has 0 aliphatic carbocycles. The van der Waals surface area contributed by atoms with E-state index in [1.54, 1.807) is 0 Å². The molecule has 1 aromatic carbocycles. The Bertz CT molecular complexity index is 979. The Morgan fingerprint density at radius 1 is 1.24 bits per heavy atom. The minimum absolute atomic E-state index is 0.184. The number of nitrogens with zero attached hydrogens (tertiary/aromatic N) is 3. The van der Waals surface area contributed by atoms with Crippen LogP contribution in [0.1, 0.15) is 21.6 Å². The number of carbonyl (C=O) groups excluding carboxylic acids is 1. The normalized spacial score (nSPS) is 10.8. The molecule has 0 unspecified atom stereocenters. The van der Waals surface area contributed by atoms with Crippen LogP contribution in [0.4, 0.5) is 0 Å². The number of nitrogens with two attached hydrogens (primary N) is 1. The highest BCUT2D eigenvalue weighted by atomic mass is 35.5. The van der Waals surface area contributed by atoms with Crippen LogP contribution in [-0.2, 0) is 12.8 Å².